The van der Waals surface area contributed by atoms with Gasteiger partial charge in [-0.25, -0.2) is 9.97 Å². The second-order valence-corrected chi connectivity index (χ2v) is 10.7. The molecule has 0 amide bonds. The summed E-state index contributed by atoms with van der Waals surface area (Å²) in [5, 5.41) is 3.59. The third-order valence-corrected chi connectivity index (χ3v) is 8.31. The molecule has 0 unspecified atom stereocenters. The third-order valence-electron chi connectivity index (χ3n) is 8.31. The molecule has 0 spiro atoms. The Kier molecular flexibility index (Phi) is 4.87. The lowest BCUT2D eigenvalue weighted by Gasteiger charge is -2.12. The monoisotopic (exact) mass is 536 g/mol. The third kappa shape index (κ3) is 3.36. The van der Waals surface area contributed by atoms with Crippen molar-refractivity contribution in [2.75, 3.05) is 0 Å². The first-order chi connectivity index (χ1) is 20.8. The van der Waals surface area contributed by atoms with Gasteiger partial charge < -0.3 is 0 Å². The molecule has 4 nitrogen and oxygen atoms in total. The lowest BCUT2D eigenvalue weighted by Crippen LogP contribution is -1.97. The normalized spacial score (nSPS) is 11.8. The van der Waals surface area contributed by atoms with Gasteiger partial charge in [0, 0.05) is 22.0 Å². The van der Waals surface area contributed by atoms with Crippen LogP contribution in [0.2, 0.25) is 0 Å². The topological polar surface area (TPSA) is 35.1 Å². The number of benzene rings is 6. The van der Waals surface area contributed by atoms with E-state index in [4.69, 9.17) is 9.97 Å². The summed E-state index contributed by atoms with van der Waals surface area (Å²) in [5.41, 5.74) is 10.9. The second-order valence-electron chi connectivity index (χ2n) is 10.7. The molecule has 0 bridgehead atoms. The van der Waals surface area contributed by atoms with Crippen molar-refractivity contribution in [3.63, 3.8) is 0 Å². The molecule has 0 saturated carbocycles. The number of pyridine rings is 1. The van der Waals surface area contributed by atoms with E-state index in [1.54, 1.807) is 0 Å². The highest BCUT2D eigenvalue weighted by Crippen LogP contribution is 2.35. The Morgan fingerprint density at radius 3 is 1.86 bits per heavy atom. The summed E-state index contributed by atoms with van der Waals surface area (Å²) in [6.07, 6.45) is 0. The van der Waals surface area contributed by atoms with Gasteiger partial charge in [0.25, 0.3) is 0 Å². The second kappa shape index (κ2) is 8.88. The van der Waals surface area contributed by atoms with Crippen molar-refractivity contribution >= 4 is 49.4 Å². The van der Waals surface area contributed by atoms with Crippen LogP contribution in [0.15, 0.2) is 146 Å². The molecule has 4 heteroatoms. The Morgan fingerprint density at radius 2 is 1.05 bits per heavy atom. The van der Waals surface area contributed by atoms with Crippen molar-refractivity contribution in [1.29, 1.82) is 0 Å². The Hall–Kier alpha value is -5.74. The van der Waals surface area contributed by atoms with Crippen LogP contribution in [0.25, 0.3) is 77.6 Å². The van der Waals surface area contributed by atoms with Crippen LogP contribution in [-0.2, 0) is 0 Å². The average molecular weight is 537 g/mol. The molecule has 0 aliphatic carbocycles. The zero-order valence-corrected chi connectivity index (χ0v) is 22.6. The number of hydrogen-bond donors (Lipinski definition) is 0. The molecule has 0 N–H and O–H groups in total. The van der Waals surface area contributed by atoms with Crippen molar-refractivity contribution in [2.45, 2.75) is 0 Å². The highest BCUT2D eigenvalue weighted by Gasteiger charge is 2.16. The molecule has 0 fully saturated rings. The van der Waals surface area contributed by atoms with Crippen LogP contribution in [0.5, 0.6) is 0 Å². The van der Waals surface area contributed by atoms with Crippen molar-refractivity contribution in [3.05, 3.63) is 146 Å². The predicted octanol–water partition coefficient (Wildman–Crippen LogP) is 9.47. The fourth-order valence-electron chi connectivity index (χ4n) is 6.36. The lowest BCUT2D eigenvalue weighted by atomic mass is 9.99. The van der Waals surface area contributed by atoms with E-state index in [9.17, 15) is 0 Å². The van der Waals surface area contributed by atoms with Gasteiger partial charge in [-0.2, -0.15) is 0 Å². The van der Waals surface area contributed by atoms with Gasteiger partial charge >= 0.3 is 0 Å². The van der Waals surface area contributed by atoms with E-state index in [-0.39, 0.29) is 0 Å². The minimum absolute atomic E-state index is 0.942. The molecule has 3 heterocycles. The number of nitrogens with zero attached hydrogens (tertiary/aromatic N) is 4. The first-order valence-corrected chi connectivity index (χ1v) is 14.2. The molecule has 42 heavy (non-hydrogen) atoms. The largest absolute Gasteiger partial charge is 0.292 e. The van der Waals surface area contributed by atoms with Crippen LogP contribution >= 0.6 is 0 Å². The van der Waals surface area contributed by atoms with Crippen molar-refractivity contribution in [3.8, 4) is 28.2 Å². The van der Waals surface area contributed by atoms with E-state index < -0.39 is 0 Å². The zero-order chi connectivity index (χ0) is 27.6. The molecular formula is C38H24N4. The summed E-state index contributed by atoms with van der Waals surface area (Å²) in [4.78, 5) is 10.0. The Balaban J connectivity index is 1.21. The molecule has 0 saturated heterocycles. The Bertz CT molecular complexity index is 2450. The van der Waals surface area contributed by atoms with Crippen LogP contribution < -0.4 is 0 Å². The van der Waals surface area contributed by atoms with Crippen LogP contribution in [0.1, 0.15) is 0 Å². The zero-order valence-electron chi connectivity index (χ0n) is 22.6. The van der Waals surface area contributed by atoms with Crippen LogP contribution in [-0.4, -0.2) is 18.9 Å². The lowest BCUT2D eigenvalue weighted by molar-refractivity contribution is 1.10. The predicted molar refractivity (Wildman–Crippen MR) is 173 cm³/mol. The van der Waals surface area contributed by atoms with E-state index in [0.29, 0.717) is 0 Å². The summed E-state index contributed by atoms with van der Waals surface area (Å²) in [7, 11) is 0. The molecule has 9 rings (SSSR count). The van der Waals surface area contributed by atoms with Crippen molar-refractivity contribution in [2.24, 2.45) is 0 Å². The van der Waals surface area contributed by atoms with E-state index in [0.717, 1.165) is 50.2 Å². The van der Waals surface area contributed by atoms with Crippen LogP contribution in [0, 0.1) is 0 Å². The SMILES string of the molecule is c1ccc(-c2nc3ccccc3n2-c2ccc(-c3ccc4c(c3)c3ccccc3n3c5ccccc5nc43)cc2)cc1. The van der Waals surface area contributed by atoms with Gasteiger partial charge in [-0.3, -0.25) is 8.97 Å². The van der Waals surface area contributed by atoms with E-state index >= 15 is 0 Å². The number of hydrogen-bond acceptors (Lipinski definition) is 2. The van der Waals surface area contributed by atoms with Crippen molar-refractivity contribution in [1.82, 2.24) is 18.9 Å². The summed E-state index contributed by atoms with van der Waals surface area (Å²) in [6, 6.07) is 51.3. The fourth-order valence-corrected chi connectivity index (χ4v) is 6.36. The highest BCUT2D eigenvalue weighted by atomic mass is 15.1. The molecule has 0 aliphatic heterocycles. The minimum Gasteiger partial charge on any atom is -0.292 e. The molecule has 0 radical (unpaired) electrons. The van der Waals surface area contributed by atoms with Gasteiger partial charge in [0.05, 0.1) is 27.6 Å². The first kappa shape index (κ1) is 23.0. The van der Waals surface area contributed by atoms with Gasteiger partial charge in [0.2, 0.25) is 0 Å². The summed E-state index contributed by atoms with van der Waals surface area (Å²) >= 11 is 0. The number of aromatic nitrogens is 4. The number of para-hydroxylation sites is 5. The molecule has 196 valence electrons. The molecule has 6 aromatic carbocycles. The maximum atomic E-state index is 5.05. The van der Waals surface area contributed by atoms with E-state index in [1.165, 1.54) is 27.4 Å². The summed E-state index contributed by atoms with van der Waals surface area (Å²) < 4.78 is 4.54. The highest BCUT2D eigenvalue weighted by molar-refractivity contribution is 6.14. The van der Waals surface area contributed by atoms with Crippen molar-refractivity contribution < 1.29 is 0 Å². The molecular weight excluding hydrogens is 512 g/mol. The Morgan fingerprint density at radius 1 is 0.405 bits per heavy atom. The smallest absolute Gasteiger partial charge is 0.146 e. The standard InChI is InChI=1S/C38H24N4/c1-2-10-26(11-3-1)37-39-32-13-5-8-16-35(32)41(37)28-21-18-25(19-22-28)27-20-23-30-31(24-27)29-12-4-7-15-34(29)42-36-17-9-6-14-33(36)40-38(30)42/h1-24H. The van der Waals surface area contributed by atoms with Gasteiger partial charge in [-0.05, 0) is 71.1 Å². The Labute approximate surface area is 241 Å². The van der Waals surface area contributed by atoms with Gasteiger partial charge in [-0.15, -0.1) is 0 Å². The summed E-state index contributed by atoms with van der Waals surface area (Å²) in [5.74, 6) is 0.942. The fraction of sp³-hybridized carbons (Fsp3) is 0. The summed E-state index contributed by atoms with van der Waals surface area (Å²) in [6.45, 7) is 0. The van der Waals surface area contributed by atoms with E-state index in [1.807, 2.05) is 12.1 Å². The molecule has 0 atom stereocenters. The maximum absolute atomic E-state index is 5.05. The van der Waals surface area contributed by atoms with Gasteiger partial charge in [-0.1, -0.05) is 91.0 Å². The average Bonchev–Trinajstić information content (AvgIpc) is 3.65. The van der Waals surface area contributed by atoms with Gasteiger partial charge in [0.1, 0.15) is 11.5 Å². The number of imidazole rings is 2. The quantitative estimate of drug-likeness (QED) is 0.211. The number of fused-ring (bicyclic) bond motifs is 9. The first-order valence-electron chi connectivity index (χ1n) is 14.2. The molecule has 9 aromatic rings. The maximum Gasteiger partial charge on any atom is 0.146 e. The van der Waals surface area contributed by atoms with Crippen LogP contribution in [0.3, 0.4) is 0 Å². The van der Waals surface area contributed by atoms with Gasteiger partial charge in [0.15, 0.2) is 0 Å². The molecule has 0 aliphatic rings. The molecule has 3 aromatic heterocycles. The van der Waals surface area contributed by atoms with Crippen LogP contribution in [0.4, 0.5) is 0 Å². The number of rotatable bonds is 3. The minimum atomic E-state index is 0.942. The van der Waals surface area contributed by atoms with E-state index in [2.05, 4.69) is 142 Å².